The van der Waals surface area contributed by atoms with Crippen LogP contribution in [0.3, 0.4) is 0 Å². The maximum atomic E-state index is 5.74. The molecule has 0 fully saturated rings. The topological polar surface area (TPSA) is 24.9 Å². The summed E-state index contributed by atoms with van der Waals surface area (Å²) in [5, 5.41) is 3.41. The second-order valence-corrected chi connectivity index (χ2v) is 4.91. The molecule has 3 heteroatoms. The standard InChI is InChI=1S/C12H19ClN2/c1-12(2,6-7-13)10-14-9-11-5-3-4-8-15-11/h3-5,8,14H,6-7,9-10H2,1-2H3. The molecule has 0 saturated carbocycles. The highest BCUT2D eigenvalue weighted by Crippen LogP contribution is 2.19. The molecule has 2 nitrogen and oxygen atoms in total. The molecule has 0 saturated heterocycles. The van der Waals surface area contributed by atoms with Crippen molar-refractivity contribution in [3.05, 3.63) is 30.1 Å². The minimum atomic E-state index is 0.260. The fourth-order valence-electron chi connectivity index (χ4n) is 1.38. The first kappa shape index (κ1) is 12.5. The van der Waals surface area contributed by atoms with Crippen LogP contribution in [0.1, 0.15) is 26.0 Å². The van der Waals surface area contributed by atoms with E-state index in [1.165, 1.54) is 0 Å². The van der Waals surface area contributed by atoms with Crippen LogP contribution in [0, 0.1) is 5.41 Å². The monoisotopic (exact) mass is 226 g/mol. The van der Waals surface area contributed by atoms with Gasteiger partial charge in [-0.25, -0.2) is 0 Å². The molecule has 84 valence electrons. The summed E-state index contributed by atoms with van der Waals surface area (Å²) in [6.45, 7) is 6.24. The Labute approximate surface area is 97.1 Å². The van der Waals surface area contributed by atoms with Gasteiger partial charge < -0.3 is 5.32 Å². The van der Waals surface area contributed by atoms with Gasteiger partial charge >= 0.3 is 0 Å². The summed E-state index contributed by atoms with van der Waals surface area (Å²) in [6.07, 6.45) is 2.85. The molecule has 15 heavy (non-hydrogen) atoms. The molecule has 0 radical (unpaired) electrons. The van der Waals surface area contributed by atoms with Gasteiger partial charge in [-0.2, -0.15) is 0 Å². The molecule has 1 aromatic rings. The number of hydrogen-bond donors (Lipinski definition) is 1. The molecular weight excluding hydrogens is 208 g/mol. The van der Waals surface area contributed by atoms with Gasteiger partial charge in [0.15, 0.2) is 0 Å². The molecule has 1 aromatic heterocycles. The van der Waals surface area contributed by atoms with E-state index in [-0.39, 0.29) is 5.41 Å². The summed E-state index contributed by atoms with van der Waals surface area (Å²) in [5.41, 5.74) is 1.34. The summed E-state index contributed by atoms with van der Waals surface area (Å²) in [5.74, 6) is 0.721. The van der Waals surface area contributed by atoms with Gasteiger partial charge in [-0.1, -0.05) is 19.9 Å². The number of rotatable bonds is 6. The van der Waals surface area contributed by atoms with E-state index in [2.05, 4.69) is 24.1 Å². The highest BCUT2D eigenvalue weighted by molar-refractivity contribution is 6.17. The molecule has 1 heterocycles. The largest absolute Gasteiger partial charge is 0.311 e. The Balaban J connectivity index is 2.27. The van der Waals surface area contributed by atoms with Crippen LogP contribution in [0.4, 0.5) is 0 Å². The number of aromatic nitrogens is 1. The lowest BCUT2D eigenvalue weighted by Gasteiger charge is -2.23. The molecule has 0 atom stereocenters. The second kappa shape index (κ2) is 6.09. The highest BCUT2D eigenvalue weighted by atomic mass is 35.5. The van der Waals surface area contributed by atoms with Crippen molar-refractivity contribution in [2.75, 3.05) is 12.4 Å². The van der Waals surface area contributed by atoms with E-state index >= 15 is 0 Å². The van der Waals surface area contributed by atoms with Crippen LogP contribution < -0.4 is 5.32 Å². The third kappa shape index (κ3) is 5.14. The normalized spacial score (nSPS) is 11.7. The molecular formula is C12H19ClN2. The Bertz CT molecular complexity index is 272. The average Bonchev–Trinajstić information content (AvgIpc) is 2.19. The van der Waals surface area contributed by atoms with Gasteiger partial charge in [0.05, 0.1) is 5.69 Å². The van der Waals surface area contributed by atoms with Crippen molar-refractivity contribution in [2.24, 2.45) is 5.41 Å². The molecule has 0 aromatic carbocycles. The first-order valence-electron chi connectivity index (χ1n) is 5.31. The van der Waals surface area contributed by atoms with E-state index in [9.17, 15) is 0 Å². The average molecular weight is 227 g/mol. The number of nitrogens with zero attached hydrogens (tertiary/aromatic N) is 1. The fourth-order valence-corrected chi connectivity index (χ4v) is 1.89. The summed E-state index contributed by atoms with van der Waals surface area (Å²) >= 11 is 5.74. The van der Waals surface area contributed by atoms with Crippen molar-refractivity contribution in [2.45, 2.75) is 26.8 Å². The first-order chi connectivity index (χ1) is 7.14. The fraction of sp³-hybridized carbons (Fsp3) is 0.583. The quantitative estimate of drug-likeness (QED) is 0.755. The molecule has 0 bridgehead atoms. The van der Waals surface area contributed by atoms with Crippen LogP contribution in [-0.4, -0.2) is 17.4 Å². The smallest absolute Gasteiger partial charge is 0.0541 e. The van der Waals surface area contributed by atoms with Gasteiger partial charge in [-0.15, -0.1) is 11.6 Å². The van der Waals surface area contributed by atoms with Crippen LogP contribution in [-0.2, 0) is 6.54 Å². The third-order valence-corrected chi connectivity index (χ3v) is 2.60. The number of nitrogens with one attached hydrogen (secondary N) is 1. The number of hydrogen-bond acceptors (Lipinski definition) is 2. The van der Waals surface area contributed by atoms with E-state index in [0.29, 0.717) is 0 Å². The SMILES string of the molecule is CC(C)(CCCl)CNCc1ccccn1. The summed E-state index contributed by atoms with van der Waals surface area (Å²) in [6, 6.07) is 5.97. The Morgan fingerprint density at radius 2 is 2.20 bits per heavy atom. The van der Waals surface area contributed by atoms with E-state index in [1.807, 2.05) is 24.4 Å². The van der Waals surface area contributed by atoms with Crippen molar-refractivity contribution in [1.29, 1.82) is 0 Å². The maximum Gasteiger partial charge on any atom is 0.0541 e. The molecule has 0 aliphatic carbocycles. The van der Waals surface area contributed by atoms with Crippen molar-refractivity contribution in [3.8, 4) is 0 Å². The van der Waals surface area contributed by atoms with E-state index in [4.69, 9.17) is 11.6 Å². The lowest BCUT2D eigenvalue weighted by molar-refractivity contribution is 0.329. The molecule has 0 unspecified atom stereocenters. The minimum Gasteiger partial charge on any atom is -0.311 e. The number of alkyl halides is 1. The van der Waals surface area contributed by atoms with Crippen LogP contribution in [0.5, 0.6) is 0 Å². The zero-order valence-electron chi connectivity index (χ0n) is 9.46. The van der Waals surface area contributed by atoms with Crippen LogP contribution in [0.25, 0.3) is 0 Å². The summed E-state index contributed by atoms with van der Waals surface area (Å²) in [7, 11) is 0. The zero-order valence-corrected chi connectivity index (χ0v) is 10.2. The maximum absolute atomic E-state index is 5.74. The van der Waals surface area contributed by atoms with Gasteiger partial charge in [-0.3, -0.25) is 4.98 Å². The number of halogens is 1. The van der Waals surface area contributed by atoms with E-state index in [0.717, 1.165) is 31.1 Å². The van der Waals surface area contributed by atoms with Gasteiger partial charge in [-0.05, 0) is 24.0 Å². The van der Waals surface area contributed by atoms with Crippen molar-refractivity contribution in [3.63, 3.8) is 0 Å². The Kier molecular flexibility index (Phi) is 5.06. The Morgan fingerprint density at radius 1 is 1.40 bits per heavy atom. The Morgan fingerprint density at radius 3 is 2.80 bits per heavy atom. The predicted octanol–water partition coefficient (Wildman–Crippen LogP) is 2.83. The first-order valence-corrected chi connectivity index (χ1v) is 5.84. The minimum absolute atomic E-state index is 0.260. The van der Waals surface area contributed by atoms with E-state index in [1.54, 1.807) is 0 Å². The van der Waals surface area contributed by atoms with Gasteiger partial charge in [0.1, 0.15) is 0 Å². The molecule has 1 rings (SSSR count). The van der Waals surface area contributed by atoms with Gasteiger partial charge in [0.25, 0.3) is 0 Å². The van der Waals surface area contributed by atoms with Crippen LogP contribution in [0.2, 0.25) is 0 Å². The van der Waals surface area contributed by atoms with Gasteiger partial charge in [0, 0.05) is 25.2 Å². The van der Waals surface area contributed by atoms with Crippen molar-refractivity contribution in [1.82, 2.24) is 10.3 Å². The Hall–Kier alpha value is -0.600. The van der Waals surface area contributed by atoms with E-state index < -0.39 is 0 Å². The zero-order chi connectivity index (χ0) is 11.1. The van der Waals surface area contributed by atoms with Crippen LogP contribution in [0.15, 0.2) is 24.4 Å². The predicted molar refractivity (Wildman–Crippen MR) is 65.1 cm³/mol. The van der Waals surface area contributed by atoms with Gasteiger partial charge in [0.2, 0.25) is 0 Å². The third-order valence-electron chi connectivity index (χ3n) is 2.41. The summed E-state index contributed by atoms with van der Waals surface area (Å²) in [4.78, 5) is 4.26. The second-order valence-electron chi connectivity index (χ2n) is 4.53. The van der Waals surface area contributed by atoms with Crippen molar-refractivity contribution < 1.29 is 0 Å². The van der Waals surface area contributed by atoms with Crippen molar-refractivity contribution >= 4 is 11.6 Å². The molecule has 1 N–H and O–H groups in total. The molecule has 0 amide bonds. The molecule has 0 aliphatic heterocycles. The molecule has 0 aliphatic rings. The highest BCUT2D eigenvalue weighted by Gasteiger charge is 2.15. The number of pyridine rings is 1. The lowest BCUT2D eigenvalue weighted by Crippen LogP contribution is -2.29. The van der Waals surface area contributed by atoms with Crippen LogP contribution >= 0.6 is 11.6 Å². The summed E-state index contributed by atoms with van der Waals surface area (Å²) < 4.78 is 0. The molecule has 0 spiro atoms. The lowest BCUT2D eigenvalue weighted by atomic mass is 9.90.